The van der Waals surface area contributed by atoms with Crippen molar-refractivity contribution in [3.05, 3.63) is 29.6 Å². The van der Waals surface area contributed by atoms with Crippen molar-refractivity contribution in [3.63, 3.8) is 0 Å². The van der Waals surface area contributed by atoms with Crippen molar-refractivity contribution in [3.8, 4) is 0 Å². The highest BCUT2D eigenvalue weighted by molar-refractivity contribution is 7.89. The Morgan fingerprint density at radius 1 is 1.43 bits per heavy atom. The van der Waals surface area contributed by atoms with E-state index in [0.717, 1.165) is 0 Å². The lowest BCUT2D eigenvalue weighted by Crippen LogP contribution is -2.35. The van der Waals surface area contributed by atoms with E-state index in [-0.39, 0.29) is 17.0 Å². The Morgan fingerprint density at radius 2 is 2.19 bits per heavy atom. The quantitative estimate of drug-likeness (QED) is 0.832. The summed E-state index contributed by atoms with van der Waals surface area (Å²) in [6.45, 7) is 5.11. The summed E-state index contributed by atoms with van der Waals surface area (Å²) in [5.74, 6) is -0.411. The molecule has 1 saturated heterocycles. The fourth-order valence-electron chi connectivity index (χ4n) is 2.08. The van der Waals surface area contributed by atoms with E-state index in [1.54, 1.807) is 0 Å². The van der Waals surface area contributed by atoms with Gasteiger partial charge >= 0.3 is 0 Å². The summed E-state index contributed by atoms with van der Waals surface area (Å²) in [7, 11) is -3.65. The molecule has 0 bridgehead atoms. The molecule has 1 fully saturated rings. The van der Waals surface area contributed by atoms with E-state index in [1.807, 2.05) is 13.8 Å². The normalized spacial score (nSPS) is 19.3. The molecular weight excluding hydrogens is 295 g/mol. The summed E-state index contributed by atoms with van der Waals surface area (Å²) < 4.78 is 46.0. The van der Waals surface area contributed by atoms with Gasteiger partial charge < -0.3 is 10.1 Å². The maximum atomic E-state index is 13.7. The van der Waals surface area contributed by atoms with Gasteiger partial charge in [-0.15, -0.1) is 0 Å². The van der Waals surface area contributed by atoms with Crippen molar-refractivity contribution >= 4 is 10.0 Å². The monoisotopic (exact) mass is 316 g/mol. The van der Waals surface area contributed by atoms with Gasteiger partial charge in [0.05, 0.1) is 11.5 Å². The van der Waals surface area contributed by atoms with Crippen LogP contribution in [0.15, 0.2) is 23.1 Å². The topological polar surface area (TPSA) is 67.4 Å². The van der Waals surface area contributed by atoms with Crippen molar-refractivity contribution in [2.45, 2.75) is 43.8 Å². The second-order valence-corrected chi connectivity index (χ2v) is 7.18. The molecule has 1 unspecified atom stereocenters. The second kappa shape index (κ2) is 6.83. The van der Waals surface area contributed by atoms with E-state index in [4.69, 9.17) is 4.74 Å². The summed E-state index contributed by atoms with van der Waals surface area (Å²) in [5, 5.41) is 3.08. The van der Waals surface area contributed by atoms with Crippen molar-refractivity contribution in [2.75, 3.05) is 13.2 Å². The van der Waals surface area contributed by atoms with Crippen LogP contribution in [0.2, 0.25) is 0 Å². The molecule has 5 nitrogen and oxygen atoms in total. The first-order valence-electron chi connectivity index (χ1n) is 7.00. The van der Waals surface area contributed by atoms with Crippen LogP contribution in [0.1, 0.15) is 25.8 Å². The lowest BCUT2D eigenvalue weighted by atomic mass is 10.2. The number of hydrogen-bond donors (Lipinski definition) is 2. The van der Waals surface area contributed by atoms with Crippen LogP contribution in [0, 0.1) is 5.82 Å². The highest BCUT2D eigenvalue weighted by Gasteiger charge is 2.24. The molecule has 1 aromatic rings. The summed E-state index contributed by atoms with van der Waals surface area (Å²) in [4.78, 5) is 0.0800. The molecule has 1 heterocycles. The van der Waals surface area contributed by atoms with Gasteiger partial charge in [0, 0.05) is 30.8 Å². The molecule has 21 heavy (non-hydrogen) atoms. The number of hydrogen-bond acceptors (Lipinski definition) is 4. The molecule has 7 heteroatoms. The van der Waals surface area contributed by atoms with Gasteiger partial charge in [0.15, 0.2) is 0 Å². The van der Waals surface area contributed by atoms with Gasteiger partial charge in [-0.1, -0.05) is 13.8 Å². The molecule has 1 aliphatic heterocycles. The minimum atomic E-state index is -3.65. The van der Waals surface area contributed by atoms with Crippen LogP contribution in [-0.2, 0) is 21.3 Å². The maximum absolute atomic E-state index is 13.7. The van der Waals surface area contributed by atoms with Crippen LogP contribution in [0.4, 0.5) is 4.39 Å². The summed E-state index contributed by atoms with van der Waals surface area (Å²) >= 11 is 0. The zero-order valence-electron chi connectivity index (χ0n) is 12.2. The van der Waals surface area contributed by atoms with E-state index in [1.165, 1.54) is 18.2 Å². The van der Waals surface area contributed by atoms with E-state index in [0.29, 0.717) is 31.7 Å². The molecule has 118 valence electrons. The van der Waals surface area contributed by atoms with Gasteiger partial charge in [-0.05, 0) is 24.6 Å². The van der Waals surface area contributed by atoms with Crippen molar-refractivity contribution in [1.29, 1.82) is 0 Å². The first kappa shape index (κ1) is 16.4. The van der Waals surface area contributed by atoms with Crippen LogP contribution in [0.3, 0.4) is 0 Å². The van der Waals surface area contributed by atoms with Crippen LogP contribution >= 0.6 is 0 Å². The predicted octanol–water partition coefficient (Wildman–Crippen LogP) is 1.39. The molecule has 1 aromatic carbocycles. The Labute approximate surface area is 124 Å². The Balaban J connectivity index is 2.16. The number of nitrogens with one attached hydrogen (secondary N) is 2. The number of benzene rings is 1. The number of ether oxygens (including phenoxy) is 1. The van der Waals surface area contributed by atoms with Gasteiger partial charge in [0.25, 0.3) is 0 Å². The molecule has 2 N–H and O–H groups in total. The van der Waals surface area contributed by atoms with Crippen LogP contribution in [0.25, 0.3) is 0 Å². The molecule has 0 aromatic heterocycles. The molecule has 0 aliphatic carbocycles. The molecular formula is C14H21FN2O3S. The average molecular weight is 316 g/mol. The van der Waals surface area contributed by atoms with Crippen LogP contribution < -0.4 is 10.0 Å². The third kappa shape index (κ3) is 4.47. The highest BCUT2D eigenvalue weighted by Crippen LogP contribution is 2.17. The van der Waals surface area contributed by atoms with Crippen molar-refractivity contribution in [1.82, 2.24) is 10.0 Å². The molecule has 1 atom stereocenters. The van der Waals surface area contributed by atoms with Gasteiger partial charge in [-0.3, -0.25) is 0 Å². The standard InChI is InChI=1S/C14H21FN2O3S/c1-10(2)16-8-11-7-13(3-4-14(11)15)21(18,19)17-12-5-6-20-9-12/h3-4,7,10,12,16-17H,5-6,8-9H2,1-2H3. The Hall–Kier alpha value is -1.02. The lowest BCUT2D eigenvalue weighted by Gasteiger charge is -2.13. The highest BCUT2D eigenvalue weighted by atomic mass is 32.2. The first-order chi connectivity index (χ1) is 9.88. The van der Waals surface area contributed by atoms with Gasteiger partial charge in [0.1, 0.15) is 5.82 Å². The van der Waals surface area contributed by atoms with Gasteiger partial charge in [0.2, 0.25) is 10.0 Å². The first-order valence-corrected chi connectivity index (χ1v) is 8.48. The van der Waals surface area contributed by atoms with E-state index >= 15 is 0 Å². The predicted molar refractivity (Wildman–Crippen MR) is 77.9 cm³/mol. The number of sulfonamides is 1. The zero-order chi connectivity index (χ0) is 15.5. The van der Waals surface area contributed by atoms with Crippen molar-refractivity contribution < 1.29 is 17.5 Å². The Kier molecular flexibility index (Phi) is 5.32. The summed E-state index contributed by atoms with van der Waals surface area (Å²) in [6.07, 6.45) is 0.655. The minimum Gasteiger partial charge on any atom is -0.380 e. The van der Waals surface area contributed by atoms with Crippen LogP contribution in [-0.4, -0.2) is 33.7 Å². The second-order valence-electron chi connectivity index (χ2n) is 5.47. The third-order valence-corrected chi connectivity index (χ3v) is 4.80. The van der Waals surface area contributed by atoms with E-state index in [2.05, 4.69) is 10.0 Å². The number of rotatable bonds is 6. The summed E-state index contributed by atoms with van der Waals surface area (Å²) in [6, 6.07) is 3.84. The van der Waals surface area contributed by atoms with Crippen molar-refractivity contribution in [2.24, 2.45) is 0 Å². The smallest absolute Gasteiger partial charge is 0.240 e. The van der Waals surface area contributed by atoms with Gasteiger partial charge in [-0.25, -0.2) is 17.5 Å². The SMILES string of the molecule is CC(C)NCc1cc(S(=O)(=O)NC2CCOC2)ccc1F. The largest absolute Gasteiger partial charge is 0.380 e. The fourth-order valence-corrected chi connectivity index (χ4v) is 3.39. The molecule has 0 saturated carbocycles. The Morgan fingerprint density at radius 3 is 2.81 bits per heavy atom. The molecule has 0 spiro atoms. The lowest BCUT2D eigenvalue weighted by molar-refractivity contribution is 0.192. The molecule has 0 radical (unpaired) electrons. The maximum Gasteiger partial charge on any atom is 0.240 e. The van der Waals surface area contributed by atoms with E-state index < -0.39 is 15.8 Å². The van der Waals surface area contributed by atoms with Gasteiger partial charge in [-0.2, -0.15) is 0 Å². The number of halogens is 1. The third-order valence-electron chi connectivity index (χ3n) is 3.28. The van der Waals surface area contributed by atoms with E-state index in [9.17, 15) is 12.8 Å². The average Bonchev–Trinajstić information content (AvgIpc) is 2.89. The molecule has 1 aliphatic rings. The Bertz CT molecular complexity index is 584. The zero-order valence-corrected chi connectivity index (χ0v) is 13.0. The minimum absolute atomic E-state index is 0.0800. The van der Waals surface area contributed by atoms with Crippen LogP contribution in [0.5, 0.6) is 0 Å². The fraction of sp³-hybridized carbons (Fsp3) is 0.571. The summed E-state index contributed by atoms with van der Waals surface area (Å²) in [5.41, 5.74) is 0.342. The molecule has 2 rings (SSSR count). The molecule has 0 amide bonds.